The standard InChI is InChI=1S/C18H19FN2O2/c1-12-4-2-5-15(20-12)17(13-7-9-14(19)10-8-13)21-11-3-6-16(21)18(22)23/h2,4-5,7-10,16-17H,3,6,11H2,1H3,(H,22,23). The molecule has 1 aliphatic heterocycles. The number of carboxylic acid groups (broad SMARTS) is 1. The second-order valence-corrected chi connectivity index (χ2v) is 5.89. The number of carbonyl (C=O) groups is 1. The van der Waals surface area contributed by atoms with E-state index in [4.69, 9.17) is 0 Å². The highest BCUT2D eigenvalue weighted by Gasteiger charge is 2.37. The molecular formula is C18H19FN2O2. The van der Waals surface area contributed by atoms with Crippen LogP contribution in [-0.4, -0.2) is 33.5 Å². The van der Waals surface area contributed by atoms with Crippen molar-refractivity contribution in [1.82, 2.24) is 9.88 Å². The molecule has 1 aromatic heterocycles. The quantitative estimate of drug-likeness (QED) is 0.942. The molecule has 0 radical (unpaired) electrons. The normalized spacial score (nSPS) is 19.7. The highest BCUT2D eigenvalue weighted by Crippen LogP contribution is 2.34. The molecule has 2 atom stereocenters. The van der Waals surface area contributed by atoms with Gasteiger partial charge in [0.15, 0.2) is 0 Å². The summed E-state index contributed by atoms with van der Waals surface area (Å²) in [6.45, 7) is 2.60. The molecule has 2 aromatic rings. The Morgan fingerprint density at radius 2 is 2.04 bits per heavy atom. The van der Waals surface area contributed by atoms with Crippen molar-refractivity contribution in [3.8, 4) is 0 Å². The molecule has 0 saturated carbocycles. The van der Waals surface area contributed by atoms with E-state index in [2.05, 4.69) is 4.98 Å². The highest BCUT2D eigenvalue weighted by molar-refractivity contribution is 5.74. The molecule has 1 aromatic carbocycles. The van der Waals surface area contributed by atoms with E-state index >= 15 is 0 Å². The van der Waals surface area contributed by atoms with Crippen LogP contribution in [0.3, 0.4) is 0 Å². The number of hydrogen-bond donors (Lipinski definition) is 1. The van der Waals surface area contributed by atoms with Crippen molar-refractivity contribution in [3.05, 3.63) is 65.2 Å². The van der Waals surface area contributed by atoms with Gasteiger partial charge in [-0.15, -0.1) is 0 Å². The van der Waals surface area contributed by atoms with Gasteiger partial charge in [-0.1, -0.05) is 18.2 Å². The topological polar surface area (TPSA) is 53.4 Å². The molecule has 5 heteroatoms. The zero-order chi connectivity index (χ0) is 16.4. The first-order chi connectivity index (χ1) is 11.1. The van der Waals surface area contributed by atoms with Crippen molar-refractivity contribution >= 4 is 5.97 Å². The maximum absolute atomic E-state index is 13.3. The molecule has 23 heavy (non-hydrogen) atoms. The first-order valence-electron chi connectivity index (χ1n) is 7.74. The minimum atomic E-state index is -0.817. The van der Waals surface area contributed by atoms with Crippen molar-refractivity contribution < 1.29 is 14.3 Å². The number of likely N-dealkylation sites (tertiary alicyclic amines) is 1. The Morgan fingerprint density at radius 3 is 2.70 bits per heavy atom. The van der Waals surface area contributed by atoms with Crippen molar-refractivity contribution in [2.75, 3.05) is 6.54 Å². The summed E-state index contributed by atoms with van der Waals surface area (Å²) in [7, 11) is 0. The van der Waals surface area contributed by atoms with E-state index in [-0.39, 0.29) is 11.9 Å². The van der Waals surface area contributed by atoms with Gasteiger partial charge in [0.25, 0.3) is 0 Å². The second-order valence-electron chi connectivity index (χ2n) is 5.89. The van der Waals surface area contributed by atoms with E-state index in [1.807, 2.05) is 30.0 Å². The molecule has 120 valence electrons. The number of pyridine rings is 1. The van der Waals surface area contributed by atoms with E-state index in [0.717, 1.165) is 23.4 Å². The summed E-state index contributed by atoms with van der Waals surface area (Å²) < 4.78 is 13.3. The number of carboxylic acids is 1. The Bertz CT molecular complexity index is 702. The zero-order valence-corrected chi connectivity index (χ0v) is 12.9. The maximum Gasteiger partial charge on any atom is 0.320 e. The summed E-state index contributed by atoms with van der Waals surface area (Å²) in [5.74, 6) is -1.12. The molecule has 3 rings (SSSR count). The minimum absolute atomic E-state index is 0.279. The summed E-state index contributed by atoms with van der Waals surface area (Å²) >= 11 is 0. The van der Waals surface area contributed by atoms with Gasteiger partial charge in [0.1, 0.15) is 11.9 Å². The van der Waals surface area contributed by atoms with Crippen molar-refractivity contribution in [2.24, 2.45) is 0 Å². The smallest absolute Gasteiger partial charge is 0.320 e. The van der Waals surface area contributed by atoms with Crippen LogP contribution in [0.5, 0.6) is 0 Å². The number of nitrogens with zero attached hydrogens (tertiary/aromatic N) is 2. The van der Waals surface area contributed by atoms with Gasteiger partial charge < -0.3 is 5.11 Å². The first kappa shape index (κ1) is 15.6. The molecule has 4 nitrogen and oxygen atoms in total. The molecule has 0 amide bonds. The largest absolute Gasteiger partial charge is 0.480 e. The van der Waals surface area contributed by atoms with Crippen LogP contribution in [0.2, 0.25) is 0 Å². The van der Waals surface area contributed by atoms with Crippen LogP contribution in [-0.2, 0) is 4.79 Å². The lowest BCUT2D eigenvalue weighted by molar-refractivity contribution is -0.142. The summed E-state index contributed by atoms with van der Waals surface area (Å²) in [6, 6.07) is 11.1. The minimum Gasteiger partial charge on any atom is -0.480 e. The molecule has 0 bridgehead atoms. The Kier molecular flexibility index (Phi) is 4.39. The third-order valence-corrected chi connectivity index (χ3v) is 4.29. The molecular weight excluding hydrogens is 295 g/mol. The van der Waals surface area contributed by atoms with Crippen LogP contribution >= 0.6 is 0 Å². The van der Waals surface area contributed by atoms with Gasteiger partial charge in [-0.3, -0.25) is 14.7 Å². The van der Waals surface area contributed by atoms with E-state index in [0.29, 0.717) is 13.0 Å². The molecule has 0 spiro atoms. The van der Waals surface area contributed by atoms with Crippen molar-refractivity contribution in [1.29, 1.82) is 0 Å². The molecule has 2 unspecified atom stereocenters. The maximum atomic E-state index is 13.3. The van der Waals surface area contributed by atoms with Crippen molar-refractivity contribution in [3.63, 3.8) is 0 Å². The fourth-order valence-electron chi connectivity index (χ4n) is 3.26. The lowest BCUT2D eigenvalue weighted by atomic mass is 10.00. The second kappa shape index (κ2) is 6.46. The highest BCUT2D eigenvalue weighted by atomic mass is 19.1. The van der Waals surface area contributed by atoms with Crippen LogP contribution in [0.4, 0.5) is 4.39 Å². The molecule has 1 aliphatic rings. The average molecular weight is 314 g/mol. The fourth-order valence-corrected chi connectivity index (χ4v) is 3.26. The van der Waals surface area contributed by atoms with Crippen LogP contribution < -0.4 is 0 Å². The molecule has 1 saturated heterocycles. The summed E-state index contributed by atoms with van der Waals surface area (Å²) in [5, 5.41) is 9.50. The number of rotatable bonds is 4. The van der Waals surface area contributed by atoms with Gasteiger partial charge in [-0.05, 0) is 49.6 Å². The number of hydrogen-bond acceptors (Lipinski definition) is 3. The van der Waals surface area contributed by atoms with E-state index < -0.39 is 12.0 Å². The number of aliphatic carboxylic acids is 1. The molecule has 1 N–H and O–H groups in total. The van der Waals surface area contributed by atoms with E-state index in [1.165, 1.54) is 12.1 Å². The van der Waals surface area contributed by atoms with Crippen LogP contribution in [0.25, 0.3) is 0 Å². The Labute approximate surface area is 134 Å². The van der Waals surface area contributed by atoms with Gasteiger partial charge in [0.05, 0.1) is 11.7 Å². The Hall–Kier alpha value is -2.27. The van der Waals surface area contributed by atoms with Gasteiger partial charge in [-0.2, -0.15) is 0 Å². The Morgan fingerprint density at radius 1 is 1.30 bits per heavy atom. The number of aryl methyl sites for hydroxylation is 1. The third-order valence-electron chi connectivity index (χ3n) is 4.29. The summed E-state index contributed by atoms with van der Waals surface area (Å²) in [5.41, 5.74) is 2.53. The lowest BCUT2D eigenvalue weighted by Gasteiger charge is -2.31. The molecule has 1 fully saturated rings. The summed E-state index contributed by atoms with van der Waals surface area (Å²) in [6.07, 6.45) is 1.46. The van der Waals surface area contributed by atoms with E-state index in [1.54, 1.807) is 12.1 Å². The van der Waals surface area contributed by atoms with Gasteiger partial charge >= 0.3 is 5.97 Å². The molecule has 0 aliphatic carbocycles. The van der Waals surface area contributed by atoms with Crippen molar-refractivity contribution in [2.45, 2.75) is 31.8 Å². The SMILES string of the molecule is Cc1cccc(C(c2ccc(F)cc2)N2CCCC2C(=O)O)n1. The zero-order valence-electron chi connectivity index (χ0n) is 12.9. The predicted octanol–water partition coefficient (Wildman–Crippen LogP) is 3.17. The fraction of sp³-hybridized carbons (Fsp3) is 0.333. The monoisotopic (exact) mass is 314 g/mol. The first-order valence-corrected chi connectivity index (χ1v) is 7.74. The number of benzene rings is 1. The third kappa shape index (κ3) is 3.24. The summed E-state index contributed by atoms with van der Waals surface area (Å²) in [4.78, 5) is 18.1. The van der Waals surface area contributed by atoms with Crippen LogP contribution in [0.1, 0.15) is 35.8 Å². The predicted molar refractivity (Wildman–Crippen MR) is 84.6 cm³/mol. The average Bonchev–Trinajstić information content (AvgIpc) is 2.99. The van der Waals surface area contributed by atoms with Gasteiger partial charge in [0.2, 0.25) is 0 Å². The number of aromatic nitrogens is 1. The van der Waals surface area contributed by atoms with Crippen LogP contribution in [0, 0.1) is 12.7 Å². The molecule has 2 heterocycles. The van der Waals surface area contributed by atoms with Crippen LogP contribution in [0.15, 0.2) is 42.5 Å². The Balaban J connectivity index is 2.06. The van der Waals surface area contributed by atoms with E-state index in [9.17, 15) is 14.3 Å². The van der Waals surface area contributed by atoms with Gasteiger partial charge in [0, 0.05) is 12.2 Å². The lowest BCUT2D eigenvalue weighted by Crippen LogP contribution is -2.39. The van der Waals surface area contributed by atoms with Gasteiger partial charge in [-0.25, -0.2) is 4.39 Å². The number of halogens is 1.